The van der Waals surface area contributed by atoms with Crippen LogP contribution in [0.3, 0.4) is 0 Å². The lowest BCUT2D eigenvalue weighted by Gasteiger charge is -2.05. The lowest BCUT2D eigenvalue weighted by atomic mass is 10.2. The van der Waals surface area contributed by atoms with E-state index in [0.717, 1.165) is 17.0 Å². The number of nitrogens with zero attached hydrogens (tertiary/aromatic N) is 4. The molecule has 0 aliphatic heterocycles. The number of rotatable bonds is 5. The topological polar surface area (TPSA) is 102 Å². The van der Waals surface area contributed by atoms with Gasteiger partial charge in [0.05, 0.1) is 15.4 Å². The van der Waals surface area contributed by atoms with Gasteiger partial charge in [-0.2, -0.15) is 5.10 Å². The van der Waals surface area contributed by atoms with E-state index in [2.05, 4.69) is 25.7 Å². The summed E-state index contributed by atoms with van der Waals surface area (Å²) in [6.07, 6.45) is 4.66. The molecule has 4 rings (SSSR count). The molecule has 8 nitrogen and oxygen atoms in total. The number of benzene rings is 1. The molecule has 0 atom stereocenters. The fourth-order valence-electron chi connectivity index (χ4n) is 2.26. The zero-order valence-corrected chi connectivity index (χ0v) is 15.3. The zero-order valence-electron chi connectivity index (χ0n) is 13.7. The SMILES string of the molecule is O=C(Nc1ccc(-n2cncn2)cc1)c1ccc(C(=O)Nc2nccs2)s1. The Balaban J connectivity index is 1.41. The first kappa shape index (κ1) is 17.1. The van der Waals surface area contributed by atoms with Gasteiger partial charge in [0.1, 0.15) is 12.7 Å². The Morgan fingerprint density at radius 2 is 1.70 bits per heavy atom. The van der Waals surface area contributed by atoms with Crippen molar-refractivity contribution in [2.75, 3.05) is 10.6 Å². The Bertz CT molecular complexity index is 1060. The van der Waals surface area contributed by atoms with Crippen LogP contribution in [0.4, 0.5) is 10.8 Å². The minimum atomic E-state index is -0.286. The number of amides is 2. The number of carbonyl (C=O) groups excluding carboxylic acids is 2. The molecule has 0 aliphatic rings. The third-order valence-corrected chi connectivity index (χ3v) is 5.29. The fourth-order valence-corrected chi connectivity index (χ4v) is 3.58. The van der Waals surface area contributed by atoms with Crippen molar-refractivity contribution in [1.82, 2.24) is 19.7 Å². The minimum Gasteiger partial charge on any atom is -0.321 e. The molecular weight excluding hydrogens is 384 g/mol. The Kier molecular flexibility index (Phi) is 4.73. The van der Waals surface area contributed by atoms with Crippen molar-refractivity contribution in [3.8, 4) is 5.69 Å². The number of hydrogen-bond acceptors (Lipinski definition) is 7. The monoisotopic (exact) mass is 396 g/mol. The van der Waals surface area contributed by atoms with Crippen molar-refractivity contribution >= 4 is 45.3 Å². The van der Waals surface area contributed by atoms with Gasteiger partial charge in [-0.25, -0.2) is 14.6 Å². The first-order valence-corrected chi connectivity index (χ1v) is 9.46. The molecular formula is C17H12N6O2S2. The summed E-state index contributed by atoms with van der Waals surface area (Å²) in [4.78, 5) is 33.4. The predicted octanol–water partition coefficient (Wildman–Crippen LogP) is 3.29. The molecule has 2 amide bonds. The maximum Gasteiger partial charge on any atom is 0.267 e. The molecule has 3 aromatic heterocycles. The molecule has 0 radical (unpaired) electrons. The highest BCUT2D eigenvalue weighted by molar-refractivity contribution is 7.16. The smallest absolute Gasteiger partial charge is 0.267 e. The van der Waals surface area contributed by atoms with Gasteiger partial charge < -0.3 is 5.32 Å². The van der Waals surface area contributed by atoms with E-state index < -0.39 is 0 Å². The van der Waals surface area contributed by atoms with Crippen molar-refractivity contribution in [3.05, 3.63) is 70.4 Å². The minimum absolute atomic E-state index is 0.276. The zero-order chi connectivity index (χ0) is 18.6. The van der Waals surface area contributed by atoms with Crippen LogP contribution in [-0.4, -0.2) is 31.6 Å². The highest BCUT2D eigenvalue weighted by Crippen LogP contribution is 2.21. The molecule has 0 spiro atoms. The number of thiazole rings is 1. The van der Waals surface area contributed by atoms with Gasteiger partial charge in [0.15, 0.2) is 5.13 Å². The Hall–Kier alpha value is -3.37. The van der Waals surface area contributed by atoms with Gasteiger partial charge in [0, 0.05) is 17.3 Å². The molecule has 10 heteroatoms. The summed E-state index contributed by atoms with van der Waals surface area (Å²) in [5.74, 6) is -0.562. The van der Waals surface area contributed by atoms with E-state index >= 15 is 0 Å². The summed E-state index contributed by atoms with van der Waals surface area (Å²) in [5, 5.41) is 11.9. The predicted molar refractivity (Wildman–Crippen MR) is 104 cm³/mol. The van der Waals surface area contributed by atoms with Gasteiger partial charge >= 0.3 is 0 Å². The Labute approximate surface area is 161 Å². The lowest BCUT2D eigenvalue weighted by molar-refractivity contribution is 0.102. The number of anilines is 2. The molecule has 0 saturated carbocycles. The van der Waals surface area contributed by atoms with E-state index in [1.807, 2.05) is 12.1 Å². The molecule has 0 saturated heterocycles. The molecule has 0 unspecified atom stereocenters. The first-order chi connectivity index (χ1) is 13.2. The van der Waals surface area contributed by atoms with E-state index in [1.165, 1.54) is 17.7 Å². The second kappa shape index (κ2) is 7.48. The number of hydrogen-bond donors (Lipinski definition) is 2. The third kappa shape index (κ3) is 3.91. The average molecular weight is 396 g/mol. The van der Waals surface area contributed by atoms with Crippen molar-refractivity contribution in [2.24, 2.45) is 0 Å². The summed E-state index contributed by atoms with van der Waals surface area (Å²) < 4.78 is 1.62. The van der Waals surface area contributed by atoms with Gasteiger partial charge in [0.2, 0.25) is 0 Å². The number of carbonyl (C=O) groups is 2. The second-order valence-electron chi connectivity index (χ2n) is 5.30. The first-order valence-electron chi connectivity index (χ1n) is 7.76. The summed E-state index contributed by atoms with van der Waals surface area (Å²) in [6, 6.07) is 10.4. The van der Waals surface area contributed by atoms with Gasteiger partial charge in [-0.1, -0.05) is 0 Å². The van der Waals surface area contributed by atoms with E-state index in [9.17, 15) is 9.59 Å². The van der Waals surface area contributed by atoms with Crippen LogP contribution in [0.1, 0.15) is 19.3 Å². The molecule has 0 fully saturated rings. The molecule has 2 N–H and O–H groups in total. The van der Waals surface area contributed by atoms with Crippen LogP contribution >= 0.6 is 22.7 Å². The standard InChI is InChI=1S/C17H12N6O2S2/c24-15(21-11-1-3-12(4-2-11)23-10-18-9-20-23)13-5-6-14(27-13)16(25)22-17-19-7-8-26-17/h1-10H,(H,21,24)(H,19,22,25). The van der Waals surface area contributed by atoms with Crippen LogP contribution in [0.2, 0.25) is 0 Å². The van der Waals surface area contributed by atoms with E-state index in [0.29, 0.717) is 20.6 Å². The highest BCUT2D eigenvalue weighted by atomic mass is 32.1. The highest BCUT2D eigenvalue weighted by Gasteiger charge is 2.15. The van der Waals surface area contributed by atoms with Crippen LogP contribution < -0.4 is 10.6 Å². The molecule has 4 aromatic rings. The van der Waals surface area contributed by atoms with Gasteiger partial charge in [0.25, 0.3) is 11.8 Å². The molecule has 1 aromatic carbocycles. The van der Waals surface area contributed by atoms with Crippen molar-refractivity contribution in [2.45, 2.75) is 0 Å². The van der Waals surface area contributed by atoms with Gasteiger partial charge in [-0.3, -0.25) is 14.9 Å². The van der Waals surface area contributed by atoms with Crippen LogP contribution in [0, 0.1) is 0 Å². The summed E-state index contributed by atoms with van der Waals surface area (Å²) in [7, 11) is 0. The van der Waals surface area contributed by atoms with Crippen LogP contribution in [0.5, 0.6) is 0 Å². The largest absolute Gasteiger partial charge is 0.321 e. The molecule has 0 bridgehead atoms. The van der Waals surface area contributed by atoms with E-state index in [4.69, 9.17) is 0 Å². The Morgan fingerprint density at radius 3 is 2.33 bits per heavy atom. The molecule has 134 valence electrons. The van der Waals surface area contributed by atoms with Crippen LogP contribution in [0.25, 0.3) is 5.69 Å². The van der Waals surface area contributed by atoms with Crippen molar-refractivity contribution in [3.63, 3.8) is 0 Å². The van der Waals surface area contributed by atoms with E-state index in [-0.39, 0.29) is 11.8 Å². The van der Waals surface area contributed by atoms with Crippen molar-refractivity contribution in [1.29, 1.82) is 0 Å². The molecule has 27 heavy (non-hydrogen) atoms. The quantitative estimate of drug-likeness (QED) is 0.539. The number of nitrogens with one attached hydrogen (secondary N) is 2. The summed E-state index contributed by atoms with van der Waals surface area (Å²) >= 11 is 2.45. The third-order valence-electron chi connectivity index (χ3n) is 3.51. The van der Waals surface area contributed by atoms with Crippen LogP contribution in [0.15, 0.2) is 60.6 Å². The average Bonchev–Trinajstić information content (AvgIpc) is 3.44. The summed E-state index contributed by atoms with van der Waals surface area (Å²) in [6.45, 7) is 0. The van der Waals surface area contributed by atoms with Crippen molar-refractivity contribution < 1.29 is 9.59 Å². The number of thiophene rings is 1. The van der Waals surface area contributed by atoms with E-state index in [1.54, 1.807) is 46.9 Å². The maximum absolute atomic E-state index is 12.4. The van der Waals surface area contributed by atoms with Gasteiger partial charge in [-0.15, -0.1) is 22.7 Å². The van der Waals surface area contributed by atoms with Crippen LogP contribution in [-0.2, 0) is 0 Å². The maximum atomic E-state index is 12.4. The second-order valence-corrected chi connectivity index (χ2v) is 7.27. The normalized spacial score (nSPS) is 10.5. The Morgan fingerprint density at radius 1 is 0.963 bits per heavy atom. The molecule has 0 aliphatic carbocycles. The number of aromatic nitrogens is 4. The van der Waals surface area contributed by atoms with Gasteiger partial charge in [-0.05, 0) is 36.4 Å². The lowest BCUT2D eigenvalue weighted by Crippen LogP contribution is -2.11. The molecule has 3 heterocycles. The fraction of sp³-hybridized carbons (Fsp3) is 0. The summed E-state index contributed by atoms with van der Waals surface area (Å²) in [5.41, 5.74) is 1.48.